The summed E-state index contributed by atoms with van der Waals surface area (Å²) in [6, 6.07) is 17.0. The van der Waals surface area contributed by atoms with Gasteiger partial charge in [0.25, 0.3) is 0 Å². The Morgan fingerprint density at radius 2 is 1.84 bits per heavy atom. The predicted molar refractivity (Wildman–Crippen MR) is 143 cm³/mol. The molecule has 1 aromatic heterocycles. The van der Waals surface area contributed by atoms with E-state index in [0.717, 1.165) is 35.3 Å². The van der Waals surface area contributed by atoms with Gasteiger partial charge in [0, 0.05) is 10.4 Å². The highest BCUT2D eigenvalue weighted by molar-refractivity contribution is 7.17. The molecule has 2 aromatic carbocycles. The molecule has 0 fully saturated rings. The number of ether oxygens (including phenoxy) is 2. The van der Waals surface area contributed by atoms with E-state index in [-0.39, 0.29) is 6.61 Å². The number of amides is 2. The molecule has 37 heavy (non-hydrogen) atoms. The molecule has 1 aliphatic carbocycles. The quantitative estimate of drug-likeness (QED) is 0.194. The van der Waals surface area contributed by atoms with E-state index in [1.54, 1.807) is 19.1 Å². The van der Waals surface area contributed by atoms with E-state index >= 15 is 0 Å². The van der Waals surface area contributed by atoms with E-state index < -0.39 is 17.8 Å². The fourth-order valence-electron chi connectivity index (χ4n) is 4.08. The van der Waals surface area contributed by atoms with Crippen LogP contribution in [0, 0.1) is 5.92 Å². The number of nitrogens with zero attached hydrogens (tertiary/aromatic N) is 1. The zero-order chi connectivity index (χ0) is 26.2. The third-order valence-corrected chi connectivity index (χ3v) is 7.12. The van der Waals surface area contributed by atoms with Crippen molar-refractivity contribution in [1.82, 2.24) is 5.43 Å². The number of hydrogen-bond donors (Lipinski definition) is 2. The minimum atomic E-state index is -0.950. The van der Waals surface area contributed by atoms with Crippen LogP contribution in [0.4, 0.5) is 5.00 Å². The van der Waals surface area contributed by atoms with E-state index in [0.29, 0.717) is 34.4 Å². The summed E-state index contributed by atoms with van der Waals surface area (Å²) in [4.78, 5) is 38.8. The van der Waals surface area contributed by atoms with Crippen LogP contribution in [0.15, 0.2) is 59.7 Å². The first-order valence-corrected chi connectivity index (χ1v) is 13.0. The molecule has 3 aromatic rings. The average molecular weight is 520 g/mol. The zero-order valence-corrected chi connectivity index (χ0v) is 21.6. The SMILES string of the molecule is CCOC(=O)c1c(NC(=O)C(=O)N/N=C\c2ccccc2OCc2ccccc2)sc2c1CC[C@H](C)C2. The van der Waals surface area contributed by atoms with Crippen LogP contribution < -0.4 is 15.5 Å². The van der Waals surface area contributed by atoms with Crippen LogP contribution in [0.25, 0.3) is 0 Å². The van der Waals surface area contributed by atoms with Crippen LogP contribution in [-0.2, 0) is 33.8 Å². The molecule has 0 spiro atoms. The molecule has 4 rings (SSSR count). The Bertz CT molecular complexity index is 1300. The Morgan fingerprint density at radius 3 is 2.62 bits per heavy atom. The van der Waals surface area contributed by atoms with Crippen LogP contribution in [-0.4, -0.2) is 30.6 Å². The van der Waals surface area contributed by atoms with Gasteiger partial charge in [-0.1, -0.05) is 49.4 Å². The predicted octanol–water partition coefficient (Wildman–Crippen LogP) is 4.72. The van der Waals surface area contributed by atoms with Gasteiger partial charge in [0.05, 0.1) is 18.4 Å². The molecular formula is C28H29N3O5S. The van der Waals surface area contributed by atoms with E-state index in [4.69, 9.17) is 9.47 Å². The third-order valence-electron chi connectivity index (χ3n) is 5.95. The van der Waals surface area contributed by atoms with Gasteiger partial charge in [0.1, 0.15) is 17.4 Å². The van der Waals surface area contributed by atoms with Crippen LogP contribution in [0.5, 0.6) is 5.75 Å². The van der Waals surface area contributed by atoms with Gasteiger partial charge in [-0.3, -0.25) is 9.59 Å². The minimum absolute atomic E-state index is 0.221. The first kappa shape index (κ1) is 26.1. The zero-order valence-electron chi connectivity index (χ0n) is 20.8. The molecule has 0 radical (unpaired) electrons. The first-order chi connectivity index (χ1) is 18.0. The van der Waals surface area contributed by atoms with Crippen molar-refractivity contribution in [2.24, 2.45) is 11.0 Å². The standard InChI is InChI=1S/C28H29N3O5S/c1-3-35-28(34)24-21-14-13-18(2)15-23(21)37-27(24)30-25(32)26(33)31-29-16-20-11-7-8-12-22(20)36-17-19-9-5-4-6-10-19/h4-12,16,18H,3,13-15,17H2,1-2H3,(H,30,32)(H,31,33)/b29-16-/t18-/m0/s1. The maximum atomic E-state index is 12.6. The van der Waals surface area contributed by atoms with Crippen molar-refractivity contribution in [2.45, 2.75) is 39.7 Å². The van der Waals surface area contributed by atoms with Gasteiger partial charge in [0.2, 0.25) is 0 Å². The lowest BCUT2D eigenvalue weighted by molar-refractivity contribution is -0.136. The number of fused-ring (bicyclic) bond motifs is 1. The van der Waals surface area contributed by atoms with Crippen molar-refractivity contribution in [1.29, 1.82) is 0 Å². The maximum absolute atomic E-state index is 12.6. The number of benzene rings is 2. The number of nitrogens with one attached hydrogen (secondary N) is 2. The van der Waals surface area contributed by atoms with Crippen molar-refractivity contribution < 1.29 is 23.9 Å². The van der Waals surface area contributed by atoms with Crippen molar-refractivity contribution in [3.8, 4) is 5.75 Å². The number of carbonyl (C=O) groups excluding carboxylic acids is 3. The number of carbonyl (C=O) groups is 3. The summed E-state index contributed by atoms with van der Waals surface area (Å²) in [6.07, 6.45) is 3.93. The second-order valence-electron chi connectivity index (χ2n) is 8.74. The van der Waals surface area contributed by atoms with E-state index in [1.165, 1.54) is 17.6 Å². The summed E-state index contributed by atoms with van der Waals surface area (Å²) < 4.78 is 11.1. The first-order valence-electron chi connectivity index (χ1n) is 12.2. The Morgan fingerprint density at radius 1 is 1.08 bits per heavy atom. The number of hydrazone groups is 1. The van der Waals surface area contributed by atoms with Crippen LogP contribution in [0.3, 0.4) is 0 Å². The number of hydrogen-bond acceptors (Lipinski definition) is 7. The van der Waals surface area contributed by atoms with Crippen LogP contribution in [0.2, 0.25) is 0 Å². The third kappa shape index (κ3) is 6.62. The largest absolute Gasteiger partial charge is 0.488 e. The van der Waals surface area contributed by atoms with Crippen molar-refractivity contribution >= 4 is 40.3 Å². The molecule has 0 saturated heterocycles. The summed E-state index contributed by atoms with van der Waals surface area (Å²) >= 11 is 1.32. The highest BCUT2D eigenvalue weighted by atomic mass is 32.1. The number of esters is 1. The van der Waals surface area contributed by atoms with Gasteiger partial charge in [-0.25, -0.2) is 10.2 Å². The second kappa shape index (κ2) is 12.3. The second-order valence-corrected chi connectivity index (χ2v) is 9.85. The molecule has 1 heterocycles. The molecule has 0 unspecified atom stereocenters. The lowest BCUT2D eigenvalue weighted by atomic mass is 9.88. The maximum Gasteiger partial charge on any atom is 0.341 e. The normalized spacial score (nSPS) is 14.6. The molecule has 0 saturated carbocycles. The summed E-state index contributed by atoms with van der Waals surface area (Å²) in [5, 5.41) is 6.85. The van der Waals surface area contributed by atoms with Gasteiger partial charge in [0.15, 0.2) is 0 Å². The van der Waals surface area contributed by atoms with E-state index in [1.807, 2.05) is 42.5 Å². The van der Waals surface area contributed by atoms with E-state index in [9.17, 15) is 14.4 Å². The van der Waals surface area contributed by atoms with Crippen LogP contribution >= 0.6 is 11.3 Å². The van der Waals surface area contributed by atoms with Crippen molar-refractivity contribution in [2.75, 3.05) is 11.9 Å². The molecule has 2 amide bonds. The molecule has 1 aliphatic rings. The average Bonchev–Trinajstić information content (AvgIpc) is 3.25. The lowest BCUT2D eigenvalue weighted by Crippen LogP contribution is -2.32. The smallest absolute Gasteiger partial charge is 0.341 e. The van der Waals surface area contributed by atoms with Gasteiger partial charge >= 0.3 is 17.8 Å². The monoisotopic (exact) mass is 519 g/mol. The fraction of sp³-hybridized carbons (Fsp3) is 0.286. The number of rotatable bonds is 8. The minimum Gasteiger partial charge on any atom is -0.488 e. The number of thiophene rings is 1. The topological polar surface area (TPSA) is 106 Å². The Kier molecular flexibility index (Phi) is 8.68. The molecule has 2 N–H and O–H groups in total. The summed E-state index contributed by atoms with van der Waals surface area (Å²) in [7, 11) is 0. The fourth-order valence-corrected chi connectivity index (χ4v) is 5.48. The van der Waals surface area contributed by atoms with Gasteiger partial charge in [-0.15, -0.1) is 11.3 Å². The van der Waals surface area contributed by atoms with Gasteiger partial charge in [-0.2, -0.15) is 5.10 Å². The summed E-state index contributed by atoms with van der Waals surface area (Å²) in [5.41, 5.74) is 5.16. The number of anilines is 1. The van der Waals surface area contributed by atoms with Crippen molar-refractivity contribution in [3.63, 3.8) is 0 Å². The number of para-hydroxylation sites is 1. The Hall–Kier alpha value is -3.98. The molecular weight excluding hydrogens is 490 g/mol. The molecule has 0 aliphatic heterocycles. The Balaban J connectivity index is 1.40. The van der Waals surface area contributed by atoms with Gasteiger partial charge < -0.3 is 14.8 Å². The Labute approximate surface area is 219 Å². The molecule has 1 atom stereocenters. The van der Waals surface area contributed by atoms with Crippen molar-refractivity contribution in [3.05, 3.63) is 81.7 Å². The highest BCUT2D eigenvalue weighted by Gasteiger charge is 2.30. The molecule has 192 valence electrons. The lowest BCUT2D eigenvalue weighted by Gasteiger charge is -2.18. The summed E-state index contributed by atoms with van der Waals surface area (Å²) in [5.74, 6) is -1.28. The molecule has 8 nitrogen and oxygen atoms in total. The summed E-state index contributed by atoms with van der Waals surface area (Å²) in [6.45, 7) is 4.49. The highest BCUT2D eigenvalue weighted by Crippen LogP contribution is 2.40. The molecule has 0 bridgehead atoms. The van der Waals surface area contributed by atoms with E-state index in [2.05, 4.69) is 22.8 Å². The van der Waals surface area contributed by atoms with Gasteiger partial charge in [-0.05, 0) is 55.4 Å². The van der Waals surface area contributed by atoms with Crippen LogP contribution in [0.1, 0.15) is 52.2 Å². The molecule has 9 heteroatoms.